The number of hydrogen-bond acceptors (Lipinski definition) is 2. The number of piperidine rings is 3. The molecule has 3 nitrogen and oxygen atoms in total. The molecule has 0 aliphatic carbocycles. The highest BCUT2D eigenvalue weighted by Crippen LogP contribution is 2.27. The number of nitrogens with one attached hydrogen (secondary N) is 2. The van der Waals surface area contributed by atoms with Gasteiger partial charge in [0.2, 0.25) is 0 Å². The summed E-state index contributed by atoms with van der Waals surface area (Å²) in [4.78, 5) is 5.89. The van der Waals surface area contributed by atoms with Gasteiger partial charge in [0, 0.05) is 30.8 Å². The molecule has 1 aromatic carbocycles. The third-order valence-electron chi connectivity index (χ3n) is 4.84. The molecule has 1 unspecified atom stereocenters. The monoisotopic (exact) mass is 255 g/mol. The fraction of sp³-hybridized carbons (Fsp3) is 0.500. The number of rotatable bonds is 3. The van der Waals surface area contributed by atoms with E-state index in [4.69, 9.17) is 0 Å². The van der Waals surface area contributed by atoms with E-state index in [1.165, 1.54) is 48.9 Å². The van der Waals surface area contributed by atoms with Gasteiger partial charge in [-0.25, -0.2) is 0 Å². The van der Waals surface area contributed by atoms with Crippen molar-refractivity contribution in [3.8, 4) is 0 Å². The maximum Gasteiger partial charge on any atom is 0.0457 e. The molecule has 100 valence electrons. The van der Waals surface area contributed by atoms with Gasteiger partial charge >= 0.3 is 0 Å². The molecule has 1 atom stereocenters. The average Bonchev–Trinajstić information content (AvgIpc) is 2.94. The molecule has 4 heterocycles. The van der Waals surface area contributed by atoms with E-state index in [0.717, 1.165) is 12.5 Å². The summed E-state index contributed by atoms with van der Waals surface area (Å²) in [6, 6.07) is 9.54. The molecule has 2 bridgehead atoms. The first-order valence-electron chi connectivity index (χ1n) is 7.40. The molecule has 0 radical (unpaired) electrons. The van der Waals surface area contributed by atoms with Gasteiger partial charge in [-0.05, 0) is 54.9 Å². The molecule has 3 aliphatic rings. The summed E-state index contributed by atoms with van der Waals surface area (Å²) in [6.07, 6.45) is 4.77. The highest BCUT2D eigenvalue weighted by molar-refractivity contribution is 5.79. The Bertz CT molecular complexity index is 566. The molecular weight excluding hydrogens is 234 g/mol. The largest absolute Gasteiger partial charge is 0.361 e. The van der Waals surface area contributed by atoms with Crippen LogP contribution in [0.25, 0.3) is 10.9 Å². The van der Waals surface area contributed by atoms with Crippen molar-refractivity contribution in [2.75, 3.05) is 19.6 Å². The van der Waals surface area contributed by atoms with Crippen LogP contribution in [-0.4, -0.2) is 35.6 Å². The second-order valence-corrected chi connectivity index (χ2v) is 6.02. The van der Waals surface area contributed by atoms with E-state index >= 15 is 0 Å². The van der Waals surface area contributed by atoms with E-state index in [1.54, 1.807) is 0 Å². The Kier molecular flexibility index (Phi) is 2.82. The highest BCUT2D eigenvalue weighted by Gasteiger charge is 2.33. The van der Waals surface area contributed by atoms with Crippen molar-refractivity contribution in [2.45, 2.75) is 25.4 Å². The van der Waals surface area contributed by atoms with Crippen molar-refractivity contribution < 1.29 is 0 Å². The van der Waals surface area contributed by atoms with Crippen molar-refractivity contribution in [2.24, 2.45) is 5.92 Å². The van der Waals surface area contributed by atoms with Gasteiger partial charge in [-0.2, -0.15) is 0 Å². The summed E-state index contributed by atoms with van der Waals surface area (Å²) >= 11 is 0. The SMILES string of the molecule is c1cc2ccc(CNC3CN4CCC3CC4)cc2[nH]1. The smallest absolute Gasteiger partial charge is 0.0457 e. The summed E-state index contributed by atoms with van der Waals surface area (Å²) in [7, 11) is 0. The van der Waals surface area contributed by atoms with E-state index in [1.807, 2.05) is 6.20 Å². The second kappa shape index (κ2) is 4.66. The van der Waals surface area contributed by atoms with Gasteiger partial charge in [-0.1, -0.05) is 12.1 Å². The zero-order valence-corrected chi connectivity index (χ0v) is 11.2. The van der Waals surface area contributed by atoms with E-state index < -0.39 is 0 Å². The molecule has 1 aromatic heterocycles. The van der Waals surface area contributed by atoms with Crippen molar-refractivity contribution in [3.63, 3.8) is 0 Å². The Labute approximate surface area is 114 Å². The van der Waals surface area contributed by atoms with Gasteiger partial charge in [0.15, 0.2) is 0 Å². The van der Waals surface area contributed by atoms with Crippen molar-refractivity contribution >= 4 is 10.9 Å². The van der Waals surface area contributed by atoms with E-state index in [0.29, 0.717) is 6.04 Å². The number of nitrogens with zero attached hydrogens (tertiary/aromatic N) is 1. The van der Waals surface area contributed by atoms with E-state index in [9.17, 15) is 0 Å². The topological polar surface area (TPSA) is 31.1 Å². The summed E-state index contributed by atoms with van der Waals surface area (Å²) in [5.41, 5.74) is 2.62. The Morgan fingerprint density at radius 3 is 2.89 bits per heavy atom. The van der Waals surface area contributed by atoms with Gasteiger partial charge in [0.05, 0.1) is 0 Å². The summed E-state index contributed by atoms with van der Waals surface area (Å²) < 4.78 is 0. The van der Waals surface area contributed by atoms with Crippen LogP contribution in [0.5, 0.6) is 0 Å². The van der Waals surface area contributed by atoms with Gasteiger partial charge in [0.25, 0.3) is 0 Å². The molecule has 3 saturated heterocycles. The first-order valence-corrected chi connectivity index (χ1v) is 7.40. The zero-order valence-electron chi connectivity index (χ0n) is 11.2. The van der Waals surface area contributed by atoms with Crippen LogP contribution in [0.4, 0.5) is 0 Å². The van der Waals surface area contributed by atoms with Crippen molar-refractivity contribution in [1.82, 2.24) is 15.2 Å². The lowest BCUT2D eigenvalue weighted by Crippen LogP contribution is -2.55. The fourth-order valence-electron chi connectivity index (χ4n) is 3.65. The molecule has 0 amide bonds. The van der Waals surface area contributed by atoms with E-state index in [-0.39, 0.29) is 0 Å². The molecule has 0 saturated carbocycles. The summed E-state index contributed by atoms with van der Waals surface area (Å²) in [5.74, 6) is 0.902. The Balaban J connectivity index is 1.44. The number of benzene rings is 1. The highest BCUT2D eigenvalue weighted by atomic mass is 15.2. The predicted molar refractivity (Wildman–Crippen MR) is 78.1 cm³/mol. The molecule has 3 aliphatic heterocycles. The van der Waals surface area contributed by atoms with Crippen LogP contribution in [0.15, 0.2) is 30.5 Å². The normalized spacial score (nSPS) is 30.0. The van der Waals surface area contributed by atoms with Crippen molar-refractivity contribution in [1.29, 1.82) is 0 Å². The third kappa shape index (κ3) is 2.17. The maximum absolute atomic E-state index is 3.77. The van der Waals surface area contributed by atoms with Crippen LogP contribution in [0.1, 0.15) is 18.4 Å². The lowest BCUT2D eigenvalue weighted by Gasteiger charge is -2.45. The maximum atomic E-state index is 3.77. The van der Waals surface area contributed by atoms with Crippen LogP contribution in [0, 0.1) is 5.92 Å². The lowest BCUT2D eigenvalue weighted by atomic mass is 9.84. The summed E-state index contributed by atoms with van der Waals surface area (Å²) in [6.45, 7) is 4.87. The zero-order chi connectivity index (χ0) is 12.7. The Morgan fingerprint density at radius 2 is 2.11 bits per heavy atom. The molecule has 5 rings (SSSR count). The lowest BCUT2D eigenvalue weighted by molar-refractivity contribution is 0.0720. The van der Waals surface area contributed by atoms with Gasteiger partial charge in [0.1, 0.15) is 0 Å². The van der Waals surface area contributed by atoms with Crippen LogP contribution >= 0.6 is 0 Å². The molecule has 2 N–H and O–H groups in total. The molecular formula is C16H21N3. The first kappa shape index (κ1) is 11.5. The standard InChI is InChI=1S/C16H21N3/c1-2-13-3-6-17-15(13)9-12(1)10-18-16-11-19-7-4-14(16)5-8-19/h1-3,6,9,14,16-18H,4-5,7-8,10-11H2. The fourth-order valence-corrected chi connectivity index (χ4v) is 3.65. The quantitative estimate of drug-likeness (QED) is 0.882. The minimum Gasteiger partial charge on any atom is -0.361 e. The minimum absolute atomic E-state index is 0.696. The summed E-state index contributed by atoms with van der Waals surface area (Å²) in [5, 5.41) is 5.07. The van der Waals surface area contributed by atoms with E-state index in [2.05, 4.69) is 39.5 Å². The van der Waals surface area contributed by atoms with Gasteiger partial charge < -0.3 is 15.2 Å². The second-order valence-electron chi connectivity index (χ2n) is 6.02. The molecule has 19 heavy (non-hydrogen) atoms. The van der Waals surface area contributed by atoms with Gasteiger partial charge in [-0.3, -0.25) is 0 Å². The third-order valence-corrected chi connectivity index (χ3v) is 4.84. The Hall–Kier alpha value is -1.32. The van der Waals surface area contributed by atoms with Crippen LogP contribution in [0.2, 0.25) is 0 Å². The molecule has 3 heteroatoms. The molecule has 2 aromatic rings. The van der Waals surface area contributed by atoms with Crippen LogP contribution < -0.4 is 5.32 Å². The first-order chi connectivity index (χ1) is 9.38. The predicted octanol–water partition coefficient (Wildman–Crippen LogP) is 2.35. The number of aromatic amines is 1. The average molecular weight is 255 g/mol. The Morgan fingerprint density at radius 1 is 1.21 bits per heavy atom. The minimum atomic E-state index is 0.696. The van der Waals surface area contributed by atoms with Gasteiger partial charge in [-0.15, -0.1) is 0 Å². The molecule has 0 spiro atoms. The van der Waals surface area contributed by atoms with Crippen LogP contribution in [0.3, 0.4) is 0 Å². The molecule has 3 fully saturated rings. The number of aromatic nitrogens is 1. The number of H-pyrrole nitrogens is 1. The number of hydrogen-bond donors (Lipinski definition) is 2. The van der Waals surface area contributed by atoms with Crippen LogP contribution in [-0.2, 0) is 6.54 Å². The number of fused-ring (bicyclic) bond motifs is 4. The van der Waals surface area contributed by atoms with Crippen molar-refractivity contribution in [3.05, 3.63) is 36.0 Å².